The van der Waals surface area contributed by atoms with E-state index in [1.807, 2.05) is 30.0 Å². The third-order valence-corrected chi connectivity index (χ3v) is 4.77. The van der Waals surface area contributed by atoms with Gasteiger partial charge in [0.1, 0.15) is 6.04 Å². The minimum absolute atomic E-state index is 0.00973. The van der Waals surface area contributed by atoms with Crippen molar-refractivity contribution < 1.29 is 14.7 Å². The van der Waals surface area contributed by atoms with Crippen LogP contribution in [0.5, 0.6) is 0 Å². The predicted octanol–water partition coefficient (Wildman–Crippen LogP) is 2.16. The fourth-order valence-electron chi connectivity index (χ4n) is 3.61. The zero-order valence-corrected chi connectivity index (χ0v) is 13.0. The van der Waals surface area contributed by atoms with Crippen LogP contribution in [0.3, 0.4) is 0 Å². The van der Waals surface area contributed by atoms with Crippen LogP contribution in [0, 0.1) is 0 Å². The van der Waals surface area contributed by atoms with E-state index < -0.39 is 18.1 Å². The van der Waals surface area contributed by atoms with Crippen LogP contribution in [0.15, 0.2) is 18.2 Å². The number of aliphatic carboxylic acids is 1. The second-order valence-corrected chi connectivity index (χ2v) is 6.40. The summed E-state index contributed by atoms with van der Waals surface area (Å²) < 4.78 is 0. The van der Waals surface area contributed by atoms with Crippen molar-refractivity contribution >= 4 is 17.4 Å². The number of carbonyl (C=O) groups excluding carboxylic acids is 1. The number of carboxylic acid groups (broad SMARTS) is 1. The number of carboxylic acids is 1. The molecule has 1 saturated heterocycles. The molecule has 1 fully saturated rings. The molecule has 0 aliphatic carbocycles. The smallest absolute Gasteiger partial charge is 0.320 e. The summed E-state index contributed by atoms with van der Waals surface area (Å²) in [5, 5.41) is 12.7. The van der Waals surface area contributed by atoms with E-state index in [-0.39, 0.29) is 5.78 Å². The summed E-state index contributed by atoms with van der Waals surface area (Å²) in [6.45, 7) is 4.61. The summed E-state index contributed by atoms with van der Waals surface area (Å²) in [5.41, 5.74) is 2.95. The van der Waals surface area contributed by atoms with Crippen molar-refractivity contribution in [3.63, 3.8) is 0 Å². The first-order chi connectivity index (χ1) is 10.5. The highest BCUT2D eigenvalue weighted by atomic mass is 16.4. The molecule has 2 heterocycles. The summed E-state index contributed by atoms with van der Waals surface area (Å²) in [5.74, 6) is -0.820. The number of likely N-dealkylation sites (tertiary alicyclic amines) is 1. The largest absolute Gasteiger partial charge is 0.480 e. The Hall–Kier alpha value is -1.88. The fraction of sp³-hybridized carbons (Fsp3) is 0.529. The predicted molar refractivity (Wildman–Crippen MR) is 84.4 cm³/mol. The lowest BCUT2D eigenvalue weighted by atomic mass is 9.99. The molecule has 118 valence electrons. The van der Waals surface area contributed by atoms with Gasteiger partial charge < -0.3 is 10.4 Å². The van der Waals surface area contributed by atoms with Gasteiger partial charge in [-0.05, 0) is 63.4 Å². The number of nitrogens with zero attached hydrogens (tertiary/aromatic N) is 1. The van der Waals surface area contributed by atoms with Crippen molar-refractivity contribution in [2.24, 2.45) is 0 Å². The van der Waals surface area contributed by atoms with Crippen molar-refractivity contribution in [1.29, 1.82) is 0 Å². The topological polar surface area (TPSA) is 69.6 Å². The lowest BCUT2D eigenvalue weighted by Crippen LogP contribution is -2.45. The van der Waals surface area contributed by atoms with E-state index in [1.165, 1.54) is 5.56 Å². The van der Waals surface area contributed by atoms with Crippen LogP contribution in [0.2, 0.25) is 0 Å². The maximum absolute atomic E-state index is 12.7. The summed E-state index contributed by atoms with van der Waals surface area (Å²) in [7, 11) is 0. The van der Waals surface area contributed by atoms with Crippen LogP contribution in [0.25, 0.3) is 0 Å². The second-order valence-electron chi connectivity index (χ2n) is 6.40. The van der Waals surface area contributed by atoms with Crippen LogP contribution in [0.4, 0.5) is 5.69 Å². The van der Waals surface area contributed by atoms with Gasteiger partial charge in [0.25, 0.3) is 0 Å². The first kappa shape index (κ1) is 15.0. The molecule has 2 aliphatic heterocycles. The molecule has 1 aromatic carbocycles. The molecule has 0 amide bonds. The minimum Gasteiger partial charge on any atom is -0.480 e. The highest BCUT2D eigenvalue weighted by Gasteiger charge is 2.36. The molecule has 2 N–H and O–H groups in total. The van der Waals surface area contributed by atoms with Crippen LogP contribution in [-0.2, 0) is 11.2 Å². The lowest BCUT2D eigenvalue weighted by molar-refractivity contribution is -0.142. The number of benzene rings is 1. The lowest BCUT2D eigenvalue weighted by Gasteiger charge is -2.27. The fourth-order valence-corrected chi connectivity index (χ4v) is 3.61. The Morgan fingerprint density at radius 3 is 2.91 bits per heavy atom. The van der Waals surface area contributed by atoms with Crippen molar-refractivity contribution in [2.75, 3.05) is 11.9 Å². The molecular weight excluding hydrogens is 280 g/mol. The first-order valence-corrected chi connectivity index (χ1v) is 7.89. The van der Waals surface area contributed by atoms with E-state index in [4.69, 9.17) is 0 Å². The second kappa shape index (κ2) is 5.72. The Labute approximate surface area is 130 Å². The van der Waals surface area contributed by atoms with E-state index in [0.29, 0.717) is 24.6 Å². The minimum atomic E-state index is -0.830. The highest BCUT2D eigenvalue weighted by Crippen LogP contribution is 2.28. The molecule has 5 heteroatoms. The van der Waals surface area contributed by atoms with Crippen molar-refractivity contribution in [3.05, 3.63) is 29.3 Å². The molecule has 22 heavy (non-hydrogen) atoms. The maximum atomic E-state index is 12.7. The highest BCUT2D eigenvalue weighted by molar-refractivity contribution is 6.00. The standard InChI is InChI=1S/C17H22N2O3/c1-10-8-13-9-12(5-6-14(13)18-10)16(20)11(2)19-7-3-4-15(19)17(21)22/h5-6,9-11,15,18H,3-4,7-8H2,1-2H3,(H,21,22). The van der Waals surface area contributed by atoms with Gasteiger partial charge in [0.2, 0.25) is 0 Å². The van der Waals surface area contributed by atoms with Gasteiger partial charge in [0, 0.05) is 17.3 Å². The molecule has 3 atom stereocenters. The Morgan fingerprint density at radius 2 is 2.18 bits per heavy atom. The molecule has 0 aromatic heterocycles. The number of ketones is 1. The number of anilines is 1. The SMILES string of the molecule is CC1Cc2cc(C(=O)C(C)N3CCCC3C(=O)O)ccc2N1. The van der Waals surface area contributed by atoms with E-state index in [9.17, 15) is 14.7 Å². The Bertz CT molecular complexity index is 614. The molecule has 0 radical (unpaired) electrons. The van der Waals surface area contributed by atoms with Gasteiger partial charge in [0.05, 0.1) is 6.04 Å². The number of hydrogen-bond donors (Lipinski definition) is 2. The molecular formula is C17H22N2O3. The molecule has 0 saturated carbocycles. The van der Waals surface area contributed by atoms with E-state index in [0.717, 1.165) is 18.5 Å². The summed E-state index contributed by atoms with van der Waals surface area (Å²) >= 11 is 0. The molecule has 2 aliphatic rings. The Balaban J connectivity index is 1.79. The number of hydrogen-bond acceptors (Lipinski definition) is 4. The zero-order valence-electron chi connectivity index (χ0n) is 13.0. The van der Waals surface area contributed by atoms with Crippen LogP contribution in [0.1, 0.15) is 42.6 Å². The monoisotopic (exact) mass is 302 g/mol. The molecule has 1 aromatic rings. The number of Topliss-reactive ketones (excluding diaryl/α,β-unsaturated/α-hetero) is 1. The van der Waals surface area contributed by atoms with Gasteiger partial charge in [-0.2, -0.15) is 0 Å². The number of rotatable bonds is 4. The number of carbonyl (C=O) groups is 2. The molecule has 5 nitrogen and oxygen atoms in total. The van der Waals surface area contributed by atoms with Crippen LogP contribution in [-0.4, -0.2) is 46.4 Å². The van der Waals surface area contributed by atoms with Crippen molar-refractivity contribution in [3.8, 4) is 0 Å². The third kappa shape index (κ3) is 2.61. The summed E-state index contributed by atoms with van der Waals surface area (Å²) in [6, 6.07) is 5.22. The van der Waals surface area contributed by atoms with Crippen molar-refractivity contribution in [2.45, 2.75) is 51.2 Å². The van der Waals surface area contributed by atoms with Gasteiger partial charge >= 0.3 is 5.97 Å². The molecule has 3 rings (SSSR count). The van der Waals surface area contributed by atoms with Gasteiger partial charge in [-0.15, -0.1) is 0 Å². The first-order valence-electron chi connectivity index (χ1n) is 7.89. The maximum Gasteiger partial charge on any atom is 0.320 e. The van der Waals surface area contributed by atoms with Crippen LogP contribution < -0.4 is 5.32 Å². The van der Waals surface area contributed by atoms with E-state index >= 15 is 0 Å². The van der Waals surface area contributed by atoms with Gasteiger partial charge in [0.15, 0.2) is 5.78 Å². The van der Waals surface area contributed by atoms with Crippen LogP contribution >= 0.6 is 0 Å². The van der Waals surface area contributed by atoms with Crippen molar-refractivity contribution in [1.82, 2.24) is 4.90 Å². The van der Waals surface area contributed by atoms with Gasteiger partial charge in [-0.1, -0.05) is 0 Å². The number of fused-ring (bicyclic) bond motifs is 1. The summed E-state index contributed by atoms with van der Waals surface area (Å²) in [4.78, 5) is 25.8. The zero-order chi connectivity index (χ0) is 15.9. The van der Waals surface area contributed by atoms with Gasteiger partial charge in [-0.3, -0.25) is 14.5 Å². The average molecular weight is 302 g/mol. The normalized spacial score (nSPS) is 25.5. The average Bonchev–Trinajstić information content (AvgIpc) is 3.09. The molecule has 0 bridgehead atoms. The molecule has 0 spiro atoms. The summed E-state index contributed by atoms with van der Waals surface area (Å²) in [6.07, 6.45) is 2.38. The van der Waals surface area contributed by atoms with E-state index in [1.54, 1.807) is 0 Å². The van der Waals surface area contributed by atoms with E-state index in [2.05, 4.69) is 12.2 Å². The van der Waals surface area contributed by atoms with Gasteiger partial charge in [-0.25, -0.2) is 0 Å². The Kier molecular flexibility index (Phi) is 3.91. The Morgan fingerprint density at radius 1 is 1.41 bits per heavy atom. The third-order valence-electron chi connectivity index (χ3n) is 4.77. The number of nitrogens with one attached hydrogen (secondary N) is 1. The molecule has 3 unspecified atom stereocenters. The quantitative estimate of drug-likeness (QED) is 0.834.